The van der Waals surface area contributed by atoms with Crippen LogP contribution in [-0.2, 0) is 11.3 Å². The number of aromatic nitrogens is 3. The predicted octanol–water partition coefficient (Wildman–Crippen LogP) is 3.08. The Morgan fingerprint density at radius 1 is 1.32 bits per heavy atom. The summed E-state index contributed by atoms with van der Waals surface area (Å²) in [5.41, 5.74) is 7.38. The van der Waals surface area contributed by atoms with Crippen molar-refractivity contribution in [2.24, 2.45) is 11.7 Å². The highest BCUT2D eigenvalue weighted by Gasteiger charge is 2.39. The molecule has 34 heavy (non-hydrogen) atoms. The molecule has 1 aliphatic heterocycles. The third-order valence-electron chi connectivity index (χ3n) is 5.90. The zero-order valence-electron chi connectivity index (χ0n) is 19.0. The molecule has 3 aromatic rings. The Morgan fingerprint density at radius 2 is 2.03 bits per heavy atom. The molecule has 1 atom stereocenters. The zero-order chi connectivity index (χ0) is 24.7. The van der Waals surface area contributed by atoms with Crippen molar-refractivity contribution in [3.8, 4) is 5.75 Å². The molecule has 0 aliphatic carbocycles. The van der Waals surface area contributed by atoms with Gasteiger partial charge in [-0.25, -0.2) is 9.37 Å². The SMILES string of the molecule is CC(C)Oc1c(C(C)c2ncc3c(CN)nccn23)cc(Cl)c(F)c1C(=O)N1CC(C(=O)O)C1. The Labute approximate surface area is 200 Å². The number of hydrogen-bond acceptors (Lipinski definition) is 6. The molecule has 1 fully saturated rings. The Hall–Kier alpha value is -3.24. The van der Waals surface area contributed by atoms with Crippen molar-refractivity contribution in [1.29, 1.82) is 0 Å². The molecule has 3 heterocycles. The van der Waals surface area contributed by atoms with Crippen LogP contribution in [-0.4, -0.2) is 55.4 Å². The third kappa shape index (κ3) is 4.07. The number of carboxylic acids is 1. The van der Waals surface area contributed by atoms with Crippen LogP contribution in [0.4, 0.5) is 4.39 Å². The van der Waals surface area contributed by atoms with Gasteiger partial charge in [0, 0.05) is 43.5 Å². The summed E-state index contributed by atoms with van der Waals surface area (Å²) in [6.07, 6.45) is 4.66. The van der Waals surface area contributed by atoms with Gasteiger partial charge in [-0.1, -0.05) is 18.5 Å². The van der Waals surface area contributed by atoms with Gasteiger partial charge in [0.2, 0.25) is 0 Å². The van der Waals surface area contributed by atoms with E-state index in [1.54, 1.807) is 32.4 Å². The van der Waals surface area contributed by atoms with Crippen LogP contribution in [0.5, 0.6) is 5.75 Å². The number of likely N-dealkylation sites (tertiary alicyclic amines) is 1. The molecule has 0 saturated carbocycles. The Bertz CT molecular complexity index is 1270. The van der Waals surface area contributed by atoms with Crippen molar-refractivity contribution in [2.45, 2.75) is 39.3 Å². The van der Waals surface area contributed by atoms with Gasteiger partial charge in [0.1, 0.15) is 17.1 Å². The van der Waals surface area contributed by atoms with E-state index in [0.29, 0.717) is 17.1 Å². The normalized spacial score (nSPS) is 15.0. The number of carbonyl (C=O) groups is 2. The highest BCUT2D eigenvalue weighted by Crippen LogP contribution is 2.40. The van der Waals surface area contributed by atoms with E-state index in [9.17, 15) is 9.59 Å². The lowest BCUT2D eigenvalue weighted by Crippen LogP contribution is -2.53. The molecular weight excluding hydrogens is 465 g/mol. The standard InChI is InChI=1S/C23H25ClFN5O4/c1-11(2)34-20-14(12(3)21-28-8-17-16(7-26)27-4-5-30(17)21)6-15(24)19(25)18(20)22(31)29-9-13(10-29)23(32)33/h4-6,8,11-13H,7,9-10,26H2,1-3H3,(H,32,33). The first kappa shape index (κ1) is 23.9. The van der Waals surface area contributed by atoms with Crippen LogP contribution in [0.1, 0.15) is 54.1 Å². The van der Waals surface area contributed by atoms with Crippen molar-refractivity contribution >= 4 is 29.0 Å². The number of hydrogen-bond donors (Lipinski definition) is 2. The van der Waals surface area contributed by atoms with E-state index < -0.39 is 29.5 Å². The Balaban J connectivity index is 1.83. The number of ether oxygens (including phenoxy) is 1. The zero-order valence-corrected chi connectivity index (χ0v) is 19.7. The number of fused-ring (bicyclic) bond motifs is 1. The molecule has 0 radical (unpaired) electrons. The Kier molecular flexibility index (Phi) is 6.46. The van der Waals surface area contributed by atoms with Crippen LogP contribution in [0, 0.1) is 11.7 Å². The number of benzene rings is 1. The van der Waals surface area contributed by atoms with E-state index in [4.69, 9.17) is 27.2 Å². The fourth-order valence-electron chi connectivity index (χ4n) is 4.08. The molecule has 1 saturated heterocycles. The van der Waals surface area contributed by atoms with Crippen molar-refractivity contribution in [2.75, 3.05) is 13.1 Å². The topological polar surface area (TPSA) is 123 Å². The van der Waals surface area contributed by atoms with Crippen molar-refractivity contribution in [3.05, 3.63) is 58.1 Å². The van der Waals surface area contributed by atoms with Gasteiger partial charge in [-0.05, 0) is 19.9 Å². The maximum Gasteiger partial charge on any atom is 0.310 e. The van der Waals surface area contributed by atoms with E-state index in [-0.39, 0.29) is 42.1 Å². The van der Waals surface area contributed by atoms with E-state index in [1.807, 2.05) is 11.3 Å². The number of aliphatic carboxylic acids is 1. The molecule has 2 aromatic heterocycles. The summed E-state index contributed by atoms with van der Waals surface area (Å²) in [5, 5.41) is 8.91. The summed E-state index contributed by atoms with van der Waals surface area (Å²) in [6.45, 7) is 5.61. The summed E-state index contributed by atoms with van der Waals surface area (Å²) in [7, 11) is 0. The maximum absolute atomic E-state index is 15.3. The summed E-state index contributed by atoms with van der Waals surface area (Å²) in [6, 6.07) is 1.44. The third-order valence-corrected chi connectivity index (χ3v) is 6.18. The average molecular weight is 490 g/mol. The van der Waals surface area contributed by atoms with E-state index in [2.05, 4.69) is 9.97 Å². The minimum Gasteiger partial charge on any atom is -0.490 e. The lowest BCUT2D eigenvalue weighted by atomic mass is 9.93. The lowest BCUT2D eigenvalue weighted by molar-refractivity contribution is -0.146. The van der Waals surface area contributed by atoms with Crippen LogP contribution in [0.25, 0.3) is 5.52 Å². The van der Waals surface area contributed by atoms with Crippen LogP contribution in [0.3, 0.4) is 0 Å². The Morgan fingerprint density at radius 3 is 2.65 bits per heavy atom. The fraction of sp³-hybridized carbons (Fsp3) is 0.391. The van der Waals surface area contributed by atoms with Gasteiger partial charge in [0.05, 0.1) is 34.5 Å². The molecule has 0 spiro atoms. The number of imidazole rings is 1. The summed E-state index contributed by atoms with van der Waals surface area (Å²) in [5.74, 6) is -3.02. The molecule has 1 aliphatic rings. The van der Waals surface area contributed by atoms with Gasteiger partial charge in [-0.3, -0.25) is 19.0 Å². The highest BCUT2D eigenvalue weighted by molar-refractivity contribution is 6.31. The number of amides is 1. The van der Waals surface area contributed by atoms with Gasteiger partial charge in [0.25, 0.3) is 5.91 Å². The van der Waals surface area contributed by atoms with Crippen LogP contribution in [0.2, 0.25) is 5.02 Å². The van der Waals surface area contributed by atoms with Crippen molar-refractivity contribution < 1.29 is 23.8 Å². The van der Waals surface area contributed by atoms with Gasteiger partial charge in [-0.2, -0.15) is 0 Å². The first-order valence-corrected chi connectivity index (χ1v) is 11.2. The van der Waals surface area contributed by atoms with Gasteiger partial charge >= 0.3 is 5.97 Å². The number of halogens is 2. The second-order valence-corrected chi connectivity index (χ2v) is 8.96. The quantitative estimate of drug-likeness (QED) is 0.522. The smallest absolute Gasteiger partial charge is 0.310 e. The number of nitrogens with zero attached hydrogens (tertiary/aromatic N) is 4. The van der Waals surface area contributed by atoms with E-state index in [0.717, 1.165) is 5.52 Å². The molecule has 180 valence electrons. The highest BCUT2D eigenvalue weighted by atomic mass is 35.5. The molecule has 1 aromatic carbocycles. The molecule has 0 bridgehead atoms. The molecular formula is C23H25ClFN5O4. The van der Waals surface area contributed by atoms with Crippen molar-refractivity contribution in [3.63, 3.8) is 0 Å². The number of rotatable bonds is 7. The maximum atomic E-state index is 15.3. The molecule has 9 nitrogen and oxygen atoms in total. The monoisotopic (exact) mass is 489 g/mol. The van der Waals surface area contributed by atoms with Gasteiger partial charge < -0.3 is 20.5 Å². The second-order valence-electron chi connectivity index (χ2n) is 8.55. The number of carbonyl (C=O) groups excluding carboxylic acids is 1. The van der Waals surface area contributed by atoms with Crippen LogP contribution in [0.15, 0.2) is 24.7 Å². The minimum absolute atomic E-state index is 0.00805. The number of carboxylic acid groups (broad SMARTS) is 1. The fourth-order valence-corrected chi connectivity index (χ4v) is 4.29. The molecule has 1 amide bonds. The van der Waals surface area contributed by atoms with Crippen molar-refractivity contribution in [1.82, 2.24) is 19.3 Å². The number of nitrogens with two attached hydrogens (primary N) is 1. The van der Waals surface area contributed by atoms with Crippen LogP contribution < -0.4 is 10.5 Å². The largest absolute Gasteiger partial charge is 0.490 e. The minimum atomic E-state index is -0.999. The predicted molar refractivity (Wildman–Crippen MR) is 123 cm³/mol. The van der Waals surface area contributed by atoms with E-state index in [1.165, 1.54) is 11.0 Å². The van der Waals surface area contributed by atoms with Gasteiger partial charge in [0.15, 0.2) is 5.82 Å². The first-order valence-electron chi connectivity index (χ1n) is 10.9. The lowest BCUT2D eigenvalue weighted by Gasteiger charge is -2.37. The summed E-state index contributed by atoms with van der Waals surface area (Å²) < 4.78 is 23.1. The summed E-state index contributed by atoms with van der Waals surface area (Å²) in [4.78, 5) is 34.5. The average Bonchev–Trinajstić information content (AvgIpc) is 3.18. The second kappa shape index (κ2) is 9.19. The molecule has 1 unspecified atom stereocenters. The van der Waals surface area contributed by atoms with E-state index >= 15 is 4.39 Å². The van der Waals surface area contributed by atoms with Crippen LogP contribution >= 0.6 is 11.6 Å². The van der Waals surface area contributed by atoms with Gasteiger partial charge in [-0.15, -0.1) is 0 Å². The molecule has 3 N–H and O–H groups in total. The molecule has 4 rings (SSSR count). The first-order chi connectivity index (χ1) is 16.1. The summed E-state index contributed by atoms with van der Waals surface area (Å²) >= 11 is 6.24. The molecule has 11 heteroatoms.